The first-order valence-corrected chi connectivity index (χ1v) is 14.5. The van der Waals surface area contributed by atoms with E-state index in [1.807, 2.05) is 0 Å². The van der Waals surface area contributed by atoms with E-state index in [-0.39, 0.29) is 28.6 Å². The van der Waals surface area contributed by atoms with Crippen LogP contribution in [-0.2, 0) is 17.1 Å². The van der Waals surface area contributed by atoms with Crippen LogP contribution in [0.5, 0.6) is 0 Å². The summed E-state index contributed by atoms with van der Waals surface area (Å²) in [6.07, 6.45) is 24.2. The summed E-state index contributed by atoms with van der Waals surface area (Å²) in [5.41, 5.74) is 1.05. The second kappa shape index (κ2) is 25.5. The summed E-state index contributed by atoms with van der Waals surface area (Å²) >= 11 is 0. The Labute approximate surface area is 239 Å². The molecule has 0 atom stereocenters. The Bertz CT molecular complexity index is 803. The van der Waals surface area contributed by atoms with Gasteiger partial charge in [-0.1, -0.05) is 129 Å². The number of unbranched alkanes of at least 4 members (excludes halogenated alkanes) is 16. The molecule has 202 valence electrons. The van der Waals surface area contributed by atoms with E-state index in [0.29, 0.717) is 24.0 Å². The topological polar surface area (TPSA) is 46.1 Å². The molecule has 0 radical (unpaired) electrons. The maximum atomic E-state index is 11.6. The average Bonchev–Trinajstić information content (AvgIpc) is 3.62. The van der Waals surface area contributed by atoms with E-state index in [2.05, 4.69) is 61.2 Å². The van der Waals surface area contributed by atoms with Crippen molar-refractivity contribution in [2.75, 3.05) is 0 Å². The Kier molecular flexibility index (Phi) is 24.0. The van der Waals surface area contributed by atoms with Gasteiger partial charge in [0.1, 0.15) is 0 Å². The van der Waals surface area contributed by atoms with Gasteiger partial charge in [0.2, 0.25) is 0 Å². The third kappa shape index (κ3) is 19.6. The van der Waals surface area contributed by atoms with E-state index in [1.165, 1.54) is 89.9 Å². The van der Waals surface area contributed by atoms with Gasteiger partial charge in [-0.2, -0.15) is 0 Å². The zero-order valence-electron chi connectivity index (χ0n) is 23.3. The largest absolute Gasteiger partial charge is 2.00 e. The normalized spacial score (nSPS) is 11.4. The zero-order valence-corrected chi connectivity index (χ0v) is 24.4. The van der Waals surface area contributed by atoms with Crippen LogP contribution in [0.15, 0.2) is 22.7 Å². The van der Waals surface area contributed by atoms with Crippen LogP contribution in [0.4, 0.5) is 0 Å². The molecule has 0 saturated carbocycles. The third-order valence-corrected chi connectivity index (χ3v) is 6.45. The molecule has 0 aliphatic heterocycles. The summed E-state index contributed by atoms with van der Waals surface area (Å²) in [7, 11) is 0. The quantitative estimate of drug-likeness (QED) is 0.0714. The Morgan fingerprint density at radius 1 is 0.432 bits per heavy atom. The fourth-order valence-corrected chi connectivity index (χ4v) is 4.16. The van der Waals surface area contributed by atoms with Gasteiger partial charge in [0.25, 0.3) is 0 Å². The summed E-state index contributed by atoms with van der Waals surface area (Å²) in [5, 5.41) is 23.2. The smallest absolute Gasteiger partial charge is 0.874 e. The summed E-state index contributed by atoms with van der Waals surface area (Å²) in [5.74, 6) is 21.7. The Morgan fingerprint density at radius 2 is 0.676 bits per heavy atom. The molecule has 0 aromatic rings. The molecular formula is C34H46FeO2. The van der Waals surface area contributed by atoms with Crippen LogP contribution in [0, 0.1) is 47.4 Å². The van der Waals surface area contributed by atoms with Crippen LogP contribution < -0.4 is 10.2 Å². The van der Waals surface area contributed by atoms with E-state index in [1.54, 1.807) is 0 Å². The number of hydrogen-bond donors (Lipinski definition) is 0. The number of allylic oxidation sites excluding steroid dienone is 4. The minimum atomic E-state index is 0. The van der Waals surface area contributed by atoms with Crippen LogP contribution in [0.25, 0.3) is 0 Å². The van der Waals surface area contributed by atoms with Crippen molar-refractivity contribution in [2.24, 2.45) is 0 Å². The van der Waals surface area contributed by atoms with E-state index < -0.39 is 0 Å². The van der Waals surface area contributed by atoms with E-state index in [9.17, 15) is 10.2 Å². The molecule has 2 nitrogen and oxygen atoms in total. The SMILES string of the molecule is CCCCCCCCCCCC([O-])=C1C#CC#C1.CCCCCCCCCCCC([O-])=C1C#CC#C1.[Fe+2]. The summed E-state index contributed by atoms with van der Waals surface area (Å²) in [6, 6.07) is 0. The Hall–Kier alpha value is -2.16. The van der Waals surface area contributed by atoms with Gasteiger partial charge < -0.3 is 10.2 Å². The van der Waals surface area contributed by atoms with Crippen LogP contribution in [0.2, 0.25) is 0 Å². The molecule has 2 aliphatic carbocycles. The van der Waals surface area contributed by atoms with Gasteiger partial charge in [-0.3, -0.25) is 0 Å². The van der Waals surface area contributed by atoms with Crippen molar-refractivity contribution in [3.05, 3.63) is 22.7 Å². The molecule has 0 fully saturated rings. The van der Waals surface area contributed by atoms with Crippen LogP contribution in [0.3, 0.4) is 0 Å². The minimum absolute atomic E-state index is 0. The molecule has 0 aromatic carbocycles. The standard InChI is InChI=1S/2C17H24O.Fe/c2*1-2-3-4-5-6-7-8-9-10-15-17(18)16-13-11-12-14-16;/h2*18H,2-10,15H2,1H3;/q;;+2/p-2. The first-order valence-electron chi connectivity index (χ1n) is 14.5. The number of hydrogen-bond acceptors (Lipinski definition) is 2. The fraction of sp³-hybridized carbons (Fsp3) is 0.647. The van der Waals surface area contributed by atoms with Crippen molar-refractivity contribution in [3.8, 4) is 47.4 Å². The van der Waals surface area contributed by atoms with Crippen LogP contribution in [-0.4, -0.2) is 0 Å². The van der Waals surface area contributed by atoms with Gasteiger partial charge in [-0.25, -0.2) is 0 Å². The second-order valence-electron chi connectivity index (χ2n) is 9.75. The molecule has 0 saturated heterocycles. The average molecular weight is 543 g/mol. The summed E-state index contributed by atoms with van der Waals surface area (Å²) in [4.78, 5) is 0. The maximum absolute atomic E-state index is 11.6. The van der Waals surface area contributed by atoms with Gasteiger partial charge in [0.15, 0.2) is 0 Å². The van der Waals surface area contributed by atoms with Gasteiger partial charge in [-0.15, -0.1) is 11.5 Å². The first kappa shape index (κ1) is 34.8. The molecule has 2 aliphatic rings. The van der Waals surface area contributed by atoms with Crippen molar-refractivity contribution in [3.63, 3.8) is 0 Å². The van der Waals surface area contributed by atoms with Crippen molar-refractivity contribution in [2.45, 2.75) is 142 Å². The van der Waals surface area contributed by atoms with Crippen molar-refractivity contribution < 1.29 is 27.3 Å². The Balaban J connectivity index is 0.000000682. The van der Waals surface area contributed by atoms with Gasteiger partial charge in [0, 0.05) is 0 Å². The number of rotatable bonds is 20. The summed E-state index contributed by atoms with van der Waals surface area (Å²) in [6.45, 7) is 4.49. The Morgan fingerprint density at radius 3 is 0.946 bits per heavy atom. The molecule has 3 heteroatoms. The predicted octanol–water partition coefficient (Wildman–Crippen LogP) is 7.08. The molecule has 0 heterocycles. The monoisotopic (exact) mass is 542 g/mol. The first-order chi connectivity index (χ1) is 17.7. The molecular weight excluding hydrogens is 496 g/mol. The van der Waals surface area contributed by atoms with E-state index in [4.69, 9.17) is 0 Å². The van der Waals surface area contributed by atoms with Crippen molar-refractivity contribution in [1.82, 2.24) is 0 Å². The molecule has 0 unspecified atom stereocenters. The van der Waals surface area contributed by atoms with Crippen molar-refractivity contribution >= 4 is 0 Å². The molecule has 0 N–H and O–H groups in total. The molecule has 0 aromatic heterocycles. The maximum Gasteiger partial charge on any atom is 2.00 e. The summed E-state index contributed by atoms with van der Waals surface area (Å²) < 4.78 is 0. The van der Waals surface area contributed by atoms with Crippen LogP contribution in [0.1, 0.15) is 142 Å². The van der Waals surface area contributed by atoms with Gasteiger partial charge in [0.05, 0.1) is 11.1 Å². The molecule has 37 heavy (non-hydrogen) atoms. The second-order valence-corrected chi connectivity index (χ2v) is 9.75. The molecule has 0 spiro atoms. The molecule has 0 bridgehead atoms. The predicted molar refractivity (Wildman–Crippen MR) is 149 cm³/mol. The van der Waals surface area contributed by atoms with E-state index >= 15 is 0 Å². The minimum Gasteiger partial charge on any atom is -0.874 e. The van der Waals surface area contributed by atoms with E-state index in [0.717, 1.165) is 25.7 Å². The van der Waals surface area contributed by atoms with Gasteiger partial charge >= 0.3 is 17.1 Å². The van der Waals surface area contributed by atoms with Crippen LogP contribution >= 0.6 is 0 Å². The fourth-order valence-electron chi connectivity index (χ4n) is 4.16. The zero-order chi connectivity index (χ0) is 26.1. The van der Waals surface area contributed by atoms with Gasteiger partial charge in [-0.05, 0) is 60.2 Å². The third-order valence-electron chi connectivity index (χ3n) is 6.45. The van der Waals surface area contributed by atoms with Crippen molar-refractivity contribution in [1.29, 1.82) is 0 Å². The molecule has 2 rings (SSSR count). The molecule has 0 amide bonds.